The molecule has 0 aliphatic heterocycles. The Hall–Kier alpha value is -6.94. The van der Waals surface area contributed by atoms with Crippen molar-refractivity contribution in [3.05, 3.63) is 125 Å². The zero-order valence-corrected chi connectivity index (χ0v) is 40.0. The molecule has 21 heteroatoms. The number of carbonyl (C=O) groups is 1. The average Bonchev–Trinajstić information content (AvgIpc) is 3.96. The van der Waals surface area contributed by atoms with Gasteiger partial charge in [-0.2, -0.15) is 9.10 Å². The molecule has 67 heavy (non-hydrogen) atoms. The highest BCUT2D eigenvalue weighted by Gasteiger charge is 2.38. The van der Waals surface area contributed by atoms with E-state index in [2.05, 4.69) is 20.6 Å². The fourth-order valence-electron chi connectivity index (χ4n) is 7.03. The van der Waals surface area contributed by atoms with Crippen LogP contribution in [0.2, 0.25) is 0 Å². The molecule has 5 aromatic carbocycles. The standard InChI is InChI=1S/C46H49N9O9S3/c1-46(2,3)64-45(56)49-24-25-66(57,58)38-23-22-35(36-8-7-9-37-40(36)50-44(65-37)42(47)48)39(43-51-53-55(52-43)28-31-14-20-34(63-6)21-15-31)41(38)67(59,60)54(26-29-10-16-32(61-4)17-11-29)27-30-12-18-33(62-5)19-13-30/h7-23H,24-28H2,1-6H3,(H3,47,48)(H,49,56). The molecular formula is C46H49N9O9S3. The monoisotopic (exact) mass is 967 g/mol. The molecule has 2 heterocycles. The van der Waals surface area contributed by atoms with Gasteiger partial charge in [-0.3, -0.25) is 5.41 Å². The number of thiazole rings is 1. The number of nitrogens with two attached hydrogens (primary N) is 1. The predicted molar refractivity (Wildman–Crippen MR) is 254 cm³/mol. The number of rotatable bonds is 18. The second-order valence-electron chi connectivity index (χ2n) is 16.1. The summed E-state index contributed by atoms with van der Waals surface area (Å²) in [5.74, 6) is 0.528. The summed E-state index contributed by atoms with van der Waals surface area (Å²) in [5, 5.41) is 24.3. The lowest BCUT2D eigenvalue weighted by atomic mass is 9.98. The predicted octanol–water partition coefficient (Wildman–Crippen LogP) is 6.66. The molecule has 7 rings (SSSR count). The Labute approximate surface area is 392 Å². The Balaban J connectivity index is 1.49. The van der Waals surface area contributed by atoms with Gasteiger partial charge in [0.05, 0.1) is 54.3 Å². The minimum atomic E-state index is -4.96. The zero-order valence-electron chi connectivity index (χ0n) is 37.5. The van der Waals surface area contributed by atoms with Crippen LogP contribution in [0.5, 0.6) is 17.2 Å². The molecule has 0 fully saturated rings. The van der Waals surface area contributed by atoms with Crippen molar-refractivity contribution in [3.8, 4) is 39.8 Å². The van der Waals surface area contributed by atoms with Crippen LogP contribution in [-0.2, 0) is 44.2 Å². The SMILES string of the molecule is COc1ccc(CN(Cc2ccc(OC)cc2)S(=O)(=O)c2c(S(=O)(=O)CCNC(=O)OC(C)(C)C)ccc(-c3cccc4sc(C(=N)N)nc34)c2-c2nnn(Cc3ccc(OC)cc3)n2)cc1. The number of ether oxygens (including phenoxy) is 4. The number of amides is 1. The molecule has 18 nitrogen and oxygen atoms in total. The van der Waals surface area contributed by atoms with Crippen LogP contribution in [0.25, 0.3) is 32.7 Å². The molecule has 0 atom stereocenters. The summed E-state index contributed by atoms with van der Waals surface area (Å²) in [6, 6.07) is 28.7. The molecular weight excluding hydrogens is 919 g/mol. The minimum absolute atomic E-state index is 0.105. The molecule has 350 valence electrons. The number of fused-ring (bicyclic) bond motifs is 1. The van der Waals surface area contributed by atoms with Crippen molar-refractivity contribution in [1.29, 1.82) is 5.41 Å². The van der Waals surface area contributed by atoms with Crippen LogP contribution >= 0.6 is 11.3 Å². The zero-order chi connectivity index (χ0) is 48.1. The summed E-state index contributed by atoms with van der Waals surface area (Å²) in [4.78, 5) is 17.4. The Morgan fingerprint density at radius 3 is 1.90 bits per heavy atom. The number of tetrazole rings is 1. The topological polar surface area (TPSA) is 244 Å². The number of methoxy groups -OCH3 is 3. The summed E-state index contributed by atoms with van der Waals surface area (Å²) in [6.07, 6.45) is -0.851. The summed E-state index contributed by atoms with van der Waals surface area (Å²) in [6.45, 7) is 4.25. The molecule has 4 N–H and O–H groups in total. The van der Waals surface area contributed by atoms with Crippen LogP contribution in [0.4, 0.5) is 4.79 Å². The summed E-state index contributed by atoms with van der Waals surface area (Å²) >= 11 is 1.17. The number of nitrogens with zero attached hydrogens (tertiary/aromatic N) is 6. The van der Waals surface area contributed by atoms with Gasteiger partial charge in [0, 0.05) is 25.2 Å². The molecule has 0 radical (unpaired) electrons. The smallest absolute Gasteiger partial charge is 0.407 e. The first-order valence-corrected chi connectivity index (χ1v) is 24.6. The number of nitrogens with one attached hydrogen (secondary N) is 2. The normalized spacial score (nSPS) is 12.0. The number of benzene rings is 5. The number of nitrogen functional groups attached to an aromatic ring is 1. The molecule has 0 saturated heterocycles. The third-order valence-electron chi connectivity index (χ3n) is 10.2. The molecule has 2 aromatic heterocycles. The molecule has 0 bridgehead atoms. The van der Waals surface area contributed by atoms with E-state index in [-0.39, 0.29) is 47.4 Å². The fraction of sp³-hybridized carbons (Fsp3) is 0.261. The molecule has 0 aliphatic rings. The molecule has 1 amide bonds. The van der Waals surface area contributed by atoms with Crippen LogP contribution in [0, 0.1) is 5.41 Å². The van der Waals surface area contributed by atoms with Crippen molar-refractivity contribution >= 4 is 53.3 Å². The largest absolute Gasteiger partial charge is 0.497 e. The van der Waals surface area contributed by atoms with Crippen molar-refractivity contribution < 1.29 is 40.6 Å². The van der Waals surface area contributed by atoms with Crippen LogP contribution in [0.1, 0.15) is 42.5 Å². The van der Waals surface area contributed by atoms with Gasteiger partial charge in [-0.15, -0.1) is 21.5 Å². The maximum Gasteiger partial charge on any atom is 0.407 e. The van der Waals surface area contributed by atoms with E-state index in [4.69, 9.17) is 35.2 Å². The first-order valence-electron chi connectivity index (χ1n) is 20.7. The lowest BCUT2D eigenvalue weighted by molar-refractivity contribution is 0.0531. The highest BCUT2D eigenvalue weighted by Crippen LogP contribution is 2.44. The van der Waals surface area contributed by atoms with Gasteiger partial charge in [0.15, 0.2) is 20.7 Å². The number of carbonyl (C=O) groups excluding carboxylic acids is 1. The maximum atomic E-state index is 16.1. The van der Waals surface area contributed by atoms with Gasteiger partial charge in [0.2, 0.25) is 15.8 Å². The van der Waals surface area contributed by atoms with Gasteiger partial charge in [0.1, 0.15) is 27.7 Å². The molecule has 7 aromatic rings. The van der Waals surface area contributed by atoms with E-state index in [9.17, 15) is 13.2 Å². The number of alkyl carbamates (subject to hydrolysis) is 1. The molecule has 0 unspecified atom stereocenters. The first kappa shape index (κ1) is 48.0. The lowest BCUT2D eigenvalue weighted by Crippen LogP contribution is -2.35. The van der Waals surface area contributed by atoms with Crippen molar-refractivity contribution in [2.24, 2.45) is 5.73 Å². The highest BCUT2D eigenvalue weighted by atomic mass is 32.2. The van der Waals surface area contributed by atoms with Crippen LogP contribution in [-0.4, -0.2) is 97.5 Å². The van der Waals surface area contributed by atoms with Gasteiger partial charge >= 0.3 is 6.09 Å². The van der Waals surface area contributed by atoms with Gasteiger partial charge in [-0.1, -0.05) is 54.6 Å². The van der Waals surface area contributed by atoms with E-state index in [0.29, 0.717) is 44.2 Å². The van der Waals surface area contributed by atoms with Gasteiger partial charge < -0.3 is 30.0 Å². The Kier molecular flexibility index (Phi) is 14.2. The third-order valence-corrected chi connectivity index (χ3v) is 15.0. The Bertz CT molecular complexity index is 3080. The van der Waals surface area contributed by atoms with E-state index in [0.717, 1.165) is 5.56 Å². The Morgan fingerprint density at radius 1 is 0.791 bits per heavy atom. The van der Waals surface area contributed by atoms with Crippen LogP contribution in [0.3, 0.4) is 0 Å². The van der Waals surface area contributed by atoms with E-state index < -0.39 is 53.6 Å². The van der Waals surface area contributed by atoms with Crippen molar-refractivity contribution in [2.75, 3.05) is 33.6 Å². The van der Waals surface area contributed by atoms with Crippen molar-refractivity contribution in [2.45, 2.75) is 55.8 Å². The summed E-state index contributed by atoms with van der Waals surface area (Å²) < 4.78 is 85.0. The van der Waals surface area contributed by atoms with E-state index >= 15 is 8.42 Å². The molecule has 0 spiro atoms. The van der Waals surface area contributed by atoms with Gasteiger partial charge in [-0.25, -0.2) is 26.6 Å². The van der Waals surface area contributed by atoms with Crippen molar-refractivity contribution in [1.82, 2.24) is 34.8 Å². The van der Waals surface area contributed by atoms with E-state index in [1.54, 1.807) is 107 Å². The second-order valence-corrected chi connectivity index (χ2v) is 21.1. The fourth-order valence-corrected chi connectivity index (χ4v) is 11.5. The van der Waals surface area contributed by atoms with E-state index in [1.165, 1.54) is 46.8 Å². The average molecular weight is 968 g/mol. The first-order chi connectivity index (χ1) is 31.9. The number of para-hydroxylation sites is 1. The summed E-state index contributed by atoms with van der Waals surface area (Å²) in [7, 11) is -4.97. The summed E-state index contributed by atoms with van der Waals surface area (Å²) in [5.41, 5.74) is 7.70. The molecule has 0 aliphatic carbocycles. The number of sulfone groups is 1. The van der Waals surface area contributed by atoms with Gasteiger partial charge in [0.25, 0.3) is 0 Å². The number of hydrogen-bond donors (Lipinski definition) is 3. The molecule has 0 saturated carbocycles. The van der Waals surface area contributed by atoms with Crippen LogP contribution in [0.15, 0.2) is 113 Å². The van der Waals surface area contributed by atoms with E-state index in [1.807, 2.05) is 12.1 Å². The lowest BCUT2D eigenvalue weighted by Gasteiger charge is -2.26. The maximum absolute atomic E-state index is 16.1. The number of aromatic nitrogens is 5. The van der Waals surface area contributed by atoms with Crippen molar-refractivity contribution in [3.63, 3.8) is 0 Å². The highest BCUT2D eigenvalue weighted by molar-refractivity contribution is 7.93. The van der Waals surface area contributed by atoms with Gasteiger partial charge in [-0.05, 0) is 96.8 Å². The number of sulfonamides is 1. The third kappa shape index (κ3) is 11.2. The number of amidine groups is 1. The minimum Gasteiger partial charge on any atom is -0.497 e. The number of hydrogen-bond acceptors (Lipinski definition) is 15. The van der Waals surface area contributed by atoms with Crippen LogP contribution < -0.4 is 25.3 Å². The quantitative estimate of drug-likeness (QED) is 0.0601. The Morgan fingerprint density at radius 2 is 1.36 bits per heavy atom. The second kappa shape index (κ2) is 19.9.